The third kappa shape index (κ3) is 7.17. The van der Waals surface area contributed by atoms with E-state index >= 15 is 0 Å². The number of nitrogen functional groups attached to an aromatic ring is 1. The molecule has 9 nitrogen and oxygen atoms in total. The maximum Gasteiger partial charge on any atom is 0.407 e. The topological polar surface area (TPSA) is 116 Å². The lowest BCUT2D eigenvalue weighted by atomic mass is 10.1. The molecule has 0 fully saturated rings. The van der Waals surface area contributed by atoms with Crippen LogP contribution < -0.4 is 15.2 Å². The monoisotopic (exact) mass is 581 g/mol. The van der Waals surface area contributed by atoms with Crippen LogP contribution >= 0.6 is 0 Å². The van der Waals surface area contributed by atoms with Gasteiger partial charge in [0.25, 0.3) is 0 Å². The van der Waals surface area contributed by atoms with E-state index in [1.54, 1.807) is 0 Å². The number of para-hydroxylation sites is 1. The van der Waals surface area contributed by atoms with Gasteiger partial charge in [0.05, 0.1) is 17.6 Å². The number of carbonyl (C=O) groups is 1. The molecule has 0 aliphatic heterocycles. The normalized spacial score (nSPS) is 11.6. The summed E-state index contributed by atoms with van der Waals surface area (Å²) in [7, 11) is 0. The van der Waals surface area contributed by atoms with Gasteiger partial charge >= 0.3 is 6.09 Å². The molecule has 5 rings (SSSR count). The highest BCUT2D eigenvalue weighted by atomic mass is 16.5. The average Bonchev–Trinajstić information content (AvgIpc) is 3.35. The van der Waals surface area contributed by atoms with E-state index in [2.05, 4.69) is 9.55 Å². The summed E-state index contributed by atoms with van der Waals surface area (Å²) in [6.07, 6.45) is 1.24. The summed E-state index contributed by atoms with van der Waals surface area (Å²) in [4.78, 5) is 22.9. The van der Waals surface area contributed by atoms with Crippen LogP contribution in [-0.4, -0.2) is 49.3 Å². The lowest BCUT2D eigenvalue weighted by Gasteiger charge is -2.33. The van der Waals surface area contributed by atoms with Crippen LogP contribution in [0, 0.1) is 0 Å². The number of fused-ring (bicyclic) bond motifs is 3. The van der Waals surface area contributed by atoms with Gasteiger partial charge in [-0.1, -0.05) is 48.5 Å². The zero-order valence-corrected chi connectivity index (χ0v) is 25.0. The highest BCUT2D eigenvalue weighted by Crippen LogP contribution is 2.32. The zero-order chi connectivity index (χ0) is 30.4. The number of aryl methyl sites for hydroxylation is 1. The number of nitrogens with two attached hydrogens (primary N) is 1. The summed E-state index contributed by atoms with van der Waals surface area (Å²) in [6, 6.07) is 25.6. The van der Waals surface area contributed by atoms with E-state index in [0.717, 1.165) is 40.0 Å². The number of unbranched alkanes of at least 4 members (excludes halogenated alkanes) is 1. The quantitative estimate of drug-likeness (QED) is 0.154. The molecular weight excluding hydrogens is 542 g/mol. The van der Waals surface area contributed by atoms with Crippen molar-refractivity contribution in [2.45, 2.75) is 58.7 Å². The van der Waals surface area contributed by atoms with E-state index in [4.69, 9.17) is 20.2 Å². The number of benzene rings is 3. The van der Waals surface area contributed by atoms with E-state index < -0.39 is 11.6 Å². The summed E-state index contributed by atoms with van der Waals surface area (Å²) < 4.78 is 14.3. The van der Waals surface area contributed by atoms with Gasteiger partial charge in [-0.25, -0.2) is 14.8 Å². The Kier molecular flexibility index (Phi) is 8.99. The summed E-state index contributed by atoms with van der Waals surface area (Å²) in [5, 5.41) is 10.6. The van der Waals surface area contributed by atoms with Gasteiger partial charge < -0.3 is 29.8 Å². The molecule has 0 atom stereocenters. The number of hydrogen-bond donors (Lipinski definition) is 2. The molecule has 0 unspecified atom stereocenters. The molecule has 0 saturated heterocycles. The fourth-order valence-electron chi connectivity index (χ4n) is 5.24. The molecule has 9 heteroatoms. The Labute approximate surface area is 251 Å². The largest absolute Gasteiger partial charge is 0.492 e. The Morgan fingerprint density at radius 1 is 0.930 bits per heavy atom. The van der Waals surface area contributed by atoms with E-state index in [1.807, 2.05) is 99.6 Å². The molecule has 5 aromatic rings. The van der Waals surface area contributed by atoms with E-state index in [1.165, 1.54) is 4.90 Å². The number of aromatic nitrogens is 3. The van der Waals surface area contributed by atoms with Crippen LogP contribution in [0.1, 0.15) is 45.0 Å². The first-order chi connectivity index (χ1) is 20.7. The Morgan fingerprint density at radius 2 is 1.65 bits per heavy atom. The van der Waals surface area contributed by atoms with E-state index in [9.17, 15) is 9.90 Å². The molecule has 3 aromatic carbocycles. The van der Waals surface area contributed by atoms with Crippen molar-refractivity contribution in [3.05, 3.63) is 90.3 Å². The van der Waals surface area contributed by atoms with Crippen molar-refractivity contribution in [3.8, 4) is 11.5 Å². The highest BCUT2D eigenvalue weighted by molar-refractivity contribution is 6.07. The van der Waals surface area contributed by atoms with Crippen molar-refractivity contribution < 1.29 is 19.4 Å². The lowest BCUT2D eigenvalue weighted by Crippen LogP contribution is -2.45. The molecule has 0 saturated carbocycles. The lowest BCUT2D eigenvalue weighted by molar-refractivity contribution is 0.0991. The second-order valence-electron chi connectivity index (χ2n) is 11.6. The number of anilines is 1. The van der Waals surface area contributed by atoms with Crippen molar-refractivity contribution >= 4 is 33.8 Å². The fraction of sp³-hybridized carbons (Fsp3) is 0.324. The number of rotatable bonds is 12. The second kappa shape index (κ2) is 13.0. The van der Waals surface area contributed by atoms with Crippen molar-refractivity contribution in [1.82, 2.24) is 19.4 Å². The van der Waals surface area contributed by atoms with Gasteiger partial charge in [0.2, 0.25) is 0 Å². The summed E-state index contributed by atoms with van der Waals surface area (Å²) in [5.74, 6) is 2.74. The summed E-state index contributed by atoms with van der Waals surface area (Å²) in [6.45, 7) is 7.65. The Morgan fingerprint density at radius 3 is 2.35 bits per heavy atom. The van der Waals surface area contributed by atoms with Crippen LogP contribution in [0.4, 0.5) is 10.6 Å². The minimum absolute atomic E-state index is 0.358. The summed E-state index contributed by atoms with van der Waals surface area (Å²) in [5.41, 5.74) is 9.40. The molecule has 2 heterocycles. The maximum atomic E-state index is 11.8. The van der Waals surface area contributed by atoms with Crippen LogP contribution in [0.5, 0.6) is 11.5 Å². The third-order valence-electron chi connectivity index (χ3n) is 7.40. The van der Waals surface area contributed by atoms with Gasteiger partial charge in [-0.15, -0.1) is 0 Å². The molecule has 3 N–H and O–H groups in total. The van der Waals surface area contributed by atoms with Gasteiger partial charge in [0.15, 0.2) is 5.82 Å². The SMILES string of the molecule is CC(C)(C)N(CCCCc1nc2c(N)nc3cc(OCc4ccccc4)ccc3c2n1CCOc1ccccc1)C(=O)O. The summed E-state index contributed by atoms with van der Waals surface area (Å²) >= 11 is 0. The van der Waals surface area contributed by atoms with Gasteiger partial charge in [-0.2, -0.15) is 0 Å². The highest BCUT2D eigenvalue weighted by Gasteiger charge is 2.25. The zero-order valence-electron chi connectivity index (χ0n) is 25.0. The van der Waals surface area contributed by atoms with Crippen molar-refractivity contribution in [3.63, 3.8) is 0 Å². The third-order valence-corrected chi connectivity index (χ3v) is 7.40. The molecule has 0 radical (unpaired) electrons. The first-order valence-corrected chi connectivity index (χ1v) is 14.6. The number of nitrogens with zero attached hydrogens (tertiary/aromatic N) is 4. The molecule has 1 amide bonds. The second-order valence-corrected chi connectivity index (χ2v) is 11.6. The molecule has 43 heavy (non-hydrogen) atoms. The first-order valence-electron chi connectivity index (χ1n) is 14.6. The van der Waals surface area contributed by atoms with Crippen molar-refractivity contribution in [2.24, 2.45) is 0 Å². The molecule has 0 aliphatic carbocycles. The Balaban J connectivity index is 1.42. The Bertz CT molecular complexity index is 1680. The number of imidazole rings is 1. The number of hydrogen-bond acceptors (Lipinski definition) is 6. The minimum atomic E-state index is -0.907. The van der Waals surface area contributed by atoms with Crippen LogP contribution in [0.2, 0.25) is 0 Å². The van der Waals surface area contributed by atoms with Crippen molar-refractivity contribution in [2.75, 3.05) is 18.9 Å². The molecule has 0 aliphatic rings. The van der Waals surface area contributed by atoms with Crippen LogP contribution in [-0.2, 0) is 19.6 Å². The van der Waals surface area contributed by atoms with E-state index in [-0.39, 0.29) is 0 Å². The first kappa shape index (κ1) is 29.7. The van der Waals surface area contributed by atoms with Crippen LogP contribution in [0.25, 0.3) is 21.9 Å². The Hall–Kier alpha value is -4.79. The van der Waals surface area contributed by atoms with Gasteiger partial charge in [0, 0.05) is 30.0 Å². The number of pyridine rings is 1. The minimum Gasteiger partial charge on any atom is -0.492 e. The molecule has 0 spiro atoms. The van der Waals surface area contributed by atoms with Gasteiger partial charge in [-0.3, -0.25) is 0 Å². The standard InChI is InChI=1S/C34H39N5O4/c1-34(2,3)39(33(40)41)19-11-10-16-29-37-30-31(38(29)20-21-42-25-14-8-5-9-15-25)27-18-17-26(22-28(27)36-32(30)35)43-23-24-12-6-4-7-13-24/h4-9,12-15,17-18,22H,10-11,16,19-21,23H2,1-3H3,(H2,35,36)(H,40,41). The smallest absolute Gasteiger partial charge is 0.407 e. The number of amides is 1. The van der Waals surface area contributed by atoms with Crippen molar-refractivity contribution in [1.29, 1.82) is 0 Å². The number of ether oxygens (including phenoxy) is 2. The van der Waals surface area contributed by atoms with Crippen LogP contribution in [0.3, 0.4) is 0 Å². The van der Waals surface area contributed by atoms with Crippen LogP contribution in [0.15, 0.2) is 78.9 Å². The average molecular weight is 582 g/mol. The maximum absolute atomic E-state index is 11.8. The van der Waals surface area contributed by atoms with E-state index in [0.29, 0.717) is 56.2 Å². The molecular formula is C34H39N5O4. The fourth-order valence-corrected chi connectivity index (χ4v) is 5.24. The number of carboxylic acid groups (broad SMARTS) is 1. The van der Waals surface area contributed by atoms with Gasteiger partial charge in [0.1, 0.15) is 36.1 Å². The molecule has 0 bridgehead atoms. The molecule has 224 valence electrons. The predicted molar refractivity (Wildman–Crippen MR) is 170 cm³/mol. The van der Waals surface area contributed by atoms with Gasteiger partial charge in [-0.05, 0) is 63.4 Å². The predicted octanol–water partition coefficient (Wildman–Crippen LogP) is 6.93. The molecule has 2 aromatic heterocycles.